The molecule has 2 rings (SSSR count). The molecule has 0 aromatic rings. The van der Waals surface area contributed by atoms with Crippen molar-refractivity contribution in [3.63, 3.8) is 0 Å². The minimum Gasteiger partial charge on any atom is -0.342 e. The van der Waals surface area contributed by atoms with Crippen LogP contribution in [0.3, 0.4) is 0 Å². The second-order valence-corrected chi connectivity index (χ2v) is 6.40. The third-order valence-electron chi connectivity index (χ3n) is 4.36. The van der Waals surface area contributed by atoms with Gasteiger partial charge in [-0.15, -0.1) is 0 Å². The Hall–Kier alpha value is -1.06. The van der Waals surface area contributed by atoms with Crippen LogP contribution in [0.25, 0.3) is 0 Å². The topological polar surface area (TPSA) is 49.4 Å². The van der Waals surface area contributed by atoms with E-state index in [-0.39, 0.29) is 17.9 Å². The van der Waals surface area contributed by atoms with Crippen molar-refractivity contribution >= 4 is 11.8 Å². The van der Waals surface area contributed by atoms with Gasteiger partial charge in [-0.1, -0.05) is 40.0 Å². The summed E-state index contributed by atoms with van der Waals surface area (Å²) >= 11 is 0. The molecule has 1 spiro atoms. The fourth-order valence-corrected chi connectivity index (χ4v) is 3.45. The third kappa shape index (κ3) is 2.49. The molecule has 0 radical (unpaired) electrons. The van der Waals surface area contributed by atoms with Gasteiger partial charge in [0.25, 0.3) is 0 Å². The van der Waals surface area contributed by atoms with Gasteiger partial charge in [-0.2, -0.15) is 0 Å². The number of hydrogen-bond acceptors (Lipinski definition) is 2. The molecular formula is C15H26N2O2. The number of hydrogen-bond donors (Lipinski definition) is 1. The third-order valence-corrected chi connectivity index (χ3v) is 4.36. The Bertz CT molecular complexity index is 359. The van der Waals surface area contributed by atoms with Gasteiger partial charge in [-0.3, -0.25) is 9.59 Å². The van der Waals surface area contributed by atoms with E-state index in [1.165, 1.54) is 0 Å². The van der Waals surface area contributed by atoms with Gasteiger partial charge < -0.3 is 10.2 Å². The van der Waals surface area contributed by atoms with Crippen molar-refractivity contribution in [2.45, 2.75) is 70.9 Å². The summed E-state index contributed by atoms with van der Waals surface area (Å²) in [6, 6.07) is -0.303. The smallest absolute Gasteiger partial charge is 0.246 e. The predicted octanol–water partition coefficient (Wildman–Crippen LogP) is 2.08. The summed E-state index contributed by atoms with van der Waals surface area (Å²) in [6.45, 7) is 6.97. The van der Waals surface area contributed by atoms with E-state index in [1.54, 1.807) is 0 Å². The lowest BCUT2D eigenvalue weighted by Crippen LogP contribution is -2.70. The quantitative estimate of drug-likeness (QED) is 0.847. The molecule has 0 aromatic heterocycles. The van der Waals surface area contributed by atoms with Gasteiger partial charge in [0.1, 0.15) is 11.6 Å². The van der Waals surface area contributed by atoms with Crippen molar-refractivity contribution in [1.82, 2.24) is 10.2 Å². The number of carbonyl (C=O) groups excluding carboxylic acids is 2. The van der Waals surface area contributed by atoms with E-state index in [2.05, 4.69) is 19.2 Å². The Labute approximate surface area is 115 Å². The van der Waals surface area contributed by atoms with Crippen molar-refractivity contribution in [3.8, 4) is 0 Å². The number of carbonyl (C=O) groups is 2. The van der Waals surface area contributed by atoms with Gasteiger partial charge in [-0.25, -0.2) is 0 Å². The zero-order chi connectivity index (χ0) is 14.0. The van der Waals surface area contributed by atoms with Crippen LogP contribution in [0.4, 0.5) is 0 Å². The number of piperazine rings is 1. The lowest BCUT2D eigenvalue weighted by molar-refractivity contribution is -0.158. The highest BCUT2D eigenvalue weighted by Crippen LogP contribution is 2.38. The summed E-state index contributed by atoms with van der Waals surface area (Å²) in [6.07, 6.45) is 5.42. The highest BCUT2D eigenvalue weighted by molar-refractivity contribution is 6.00. The largest absolute Gasteiger partial charge is 0.342 e. The maximum atomic E-state index is 12.7. The summed E-state index contributed by atoms with van der Waals surface area (Å²) < 4.78 is 0. The first-order valence-corrected chi connectivity index (χ1v) is 7.63. The molecule has 1 saturated heterocycles. The summed E-state index contributed by atoms with van der Waals surface area (Å²) in [4.78, 5) is 27.1. The van der Waals surface area contributed by atoms with Gasteiger partial charge in [0, 0.05) is 6.54 Å². The molecule has 2 fully saturated rings. The second-order valence-electron chi connectivity index (χ2n) is 6.40. The molecular weight excluding hydrogens is 240 g/mol. The second kappa shape index (κ2) is 5.51. The molecule has 1 unspecified atom stereocenters. The fraction of sp³-hybridized carbons (Fsp3) is 0.867. The summed E-state index contributed by atoms with van der Waals surface area (Å²) in [7, 11) is 0. The first-order valence-electron chi connectivity index (χ1n) is 7.63. The highest BCUT2D eigenvalue weighted by Gasteiger charge is 2.53. The minimum atomic E-state index is -0.536. The first kappa shape index (κ1) is 14.4. The summed E-state index contributed by atoms with van der Waals surface area (Å²) in [5.41, 5.74) is -0.536. The van der Waals surface area contributed by atoms with Crippen molar-refractivity contribution in [1.29, 1.82) is 0 Å². The lowest BCUT2D eigenvalue weighted by Gasteiger charge is -2.47. The fourth-order valence-electron chi connectivity index (χ4n) is 3.45. The lowest BCUT2D eigenvalue weighted by atomic mass is 9.87. The van der Waals surface area contributed by atoms with Crippen LogP contribution >= 0.6 is 0 Å². The molecule has 2 amide bonds. The maximum Gasteiger partial charge on any atom is 0.246 e. The van der Waals surface area contributed by atoms with Crippen LogP contribution in [0.1, 0.15) is 59.3 Å². The molecule has 1 saturated carbocycles. The zero-order valence-corrected chi connectivity index (χ0v) is 12.4. The Morgan fingerprint density at radius 3 is 2.47 bits per heavy atom. The van der Waals surface area contributed by atoms with Crippen LogP contribution < -0.4 is 5.32 Å². The molecule has 1 aliphatic carbocycles. The van der Waals surface area contributed by atoms with Gasteiger partial charge in [-0.05, 0) is 25.2 Å². The number of nitrogens with one attached hydrogen (secondary N) is 1. The minimum absolute atomic E-state index is 0.0868. The average molecular weight is 266 g/mol. The molecule has 108 valence electrons. The molecule has 4 nitrogen and oxygen atoms in total. The highest BCUT2D eigenvalue weighted by atomic mass is 16.2. The molecule has 1 heterocycles. The number of nitrogens with zero attached hydrogens (tertiary/aromatic N) is 1. The number of rotatable bonds is 4. The SMILES string of the molecule is CCCC1NC(=O)C2(CCCC2)N(CC(C)C)C1=O. The molecule has 0 aromatic carbocycles. The molecule has 2 aliphatic rings. The van der Waals surface area contributed by atoms with Crippen LogP contribution in [0, 0.1) is 5.92 Å². The van der Waals surface area contributed by atoms with E-state index in [0.717, 1.165) is 38.5 Å². The molecule has 1 aliphatic heterocycles. The van der Waals surface area contributed by atoms with Crippen molar-refractivity contribution in [2.75, 3.05) is 6.54 Å². The van der Waals surface area contributed by atoms with Gasteiger partial charge >= 0.3 is 0 Å². The molecule has 19 heavy (non-hydrogen) atoms. The van der Waals surface area contributed by atoms with Crippen LogP contribution in [0.15, 0.2) is 0 Å². The standard InChI is InChI=1S/C15H26N2O2/c1-4-7-12-13(18)17(10-11(2)3)15(14(19)16-12)8-5-6-9-15/h11-12H,4-10H2,1-3H3,(H,16,19). The van der Waals surface area contributed by atoms with Crippen LogP contribution in [-0.2, 0) is 9.59 Å². The van der Waals surface area contributed by atoms with Crippen LogP contribution in [-0.4, -0.2) is 34.8 Å². The normalized spacial score (nSPS) is 26.3. The average Bonchev–Trinajstić information content (AvgIpc) is 2.83. The van der Waals surface area contributed by atoms with E-state index < -0.39 is 5.54 Å². The summed E-state index contributed by atoms with van der Waals surface area (Å²) in [5.74, 6) is 0.621. The molecule has 4 heteroatoms. The van der Waals surface area contributed by atoms with Crippen molar-refractivity contribution in [3.05, 3.63) is 0 Å². The van der Waals surface area contributed by atoms with Crippen LogP contribution in [0.5, 0.6) is 0 Å². The van der Waals surface area contributed by atoms with E-state index in [1.807, 2.05) is 11.8 Å². The van der Waals surface area contributed by atoms with E-state index >= 15 is 0 Å². The van der Waals surface area contributed by atoms with Gasteiger partial charge in [0.05, 0.1) is 0 Å². The molecule has 0 bridgehead atoms. The van der Waals surface area contributed by atoms with Crippen molar-refractivity contribution < 1.29 is 9.59 Å². The van der Waals surface area contributed by atoms with E-state index in [4.69, 9.17) is 0 Å². The van der Waals surface area contributed by atoms with E-state index in [0.29, 0.717) is 12.5 Å². The molecule has 1 atom stereocenters. The van der Waals surface area contributed by atoms with E-state index in [9.17, 15) is 9.59 Å². The molecule has 1 N–H and O–H groups in total. The van der Waals surface area contributed by atoms with Gasteiger partial charge in [0.15, 0.2) is 0 Å². The first-order chi connectivity index (χ1) is 9.01. The zero-order valence-electron chi connectivity index (χ0n) is 12.4. The Morgan fingerprint density at radius 1 is 1.32 bits per heavy atom. The Kier molecular flexibility index (Phi) is 4.16. The Balaban J connectivity index is 2.27. The summed E-state index contributed by atoms with van der Waals surface area (Å²) in [5, 5.41) is 2.97. The maximum absolute atomic E-state index is 12.7. The monoisotopic (exact) mass is 266 g/mol. The number of amides is 2. The predicted molar refractivity (Wildman–Crippen MR) is 74.6 cm³/mol. The Morgan fingerprint density at radius 2 is 1.95 bits per heavy atom. The van der Waals surface area contributed by atoms with Gasteiger partial charge in [0.2, 0.25) is 11.8 Å². The van der Waals surface area contributed by atoms with Crippen molar-refractivity contribution in [2.24, 2.45) is 5.92 Å². The van der Waals surface area contributed by atoms with Crippen LogP contribution in [0.2, 0.25) is 0 Å².